The van der Waals surface area contributed by atoms with E-state index in [0.717, 1.165) is 24.8 Å². The zero-order chi connectivity index (χ0) is 17.3. The van der Waals surface area contributed by atoms with Crippen molar-refractivity contribution in [1.29, 1.82) is 0 Å². The largest absolute Gasteiger partial charge is 0.355 e. The molecule has 0 saturated heterocycles. The fourth-order valence-corrected chi connectivity index (χ4v) is 2.68. The van der Waals surface area contributed by atoms with E-state index in [1.807, 2.05) is 30.3 Å². The molecule has 0 radical (unpaired) electrons. The Balaban J connectivity index is 1.39. The third-order valence-electron chi connectivity index (χ3n) is 4.36. The van der Waals surface area contributed by atoms with Gasteiger partial charge in [0.1, 0.15) is 0 Å². The lowest BCUT2D eigenvalue weighted by Crippen LogP contribution is -2.44. The molecule has 0 aliphatic heterocycles. The van der Waals surface area contributed by atoms with Gasteiger partial charge in [0.05, 0.1) is 12.1 Å². The van der Waals surface area contributed by atoms with Crippen molar-refractivity contribution in [2.75, 3.05) is 0 Å². The number of rotatable bonds is 5. The molecule has 0 spiro atoms. The van der Waals surface area contributed by atoms with Crippen LogP contribution in [0.1, 0.15) is 41.5 Å². The number of amides is 1. The fraction of sp³-hybridized carbons (Fsp3) is 0.294. The van der Waals surface area contributed by atoms with E-state index in [9.17, 15) is 4.79 Å². The van der Waals surface area contributed by atoms with Crippen molar-refractivity contribution in [3.05, 3.63) is 53.8 Å². The van der Waals surface area contributed by atoms with E-state index in [1.54, 1.807) is 6.07 Å². The Labute approximate surface area is 143 Å². The highest BCUT2D eigenvalue weighted by atomic mass is 16.5. The standard InChI is InChI=1S/C17H17N5O3/c18-17(7-4-8-17)16-20-14(25-22-16)10-19-15(23)12-9-13(24-21-12)11-5-2-1-3-6-11/h1-3,5-6,9H,4,7-8,10,18H2,(H,19,23). The van der Waals surface area contributed by atoms with E-state index in [1.165, 1.54) is 0 Å². The molecule has 4 rings (SSSR count). The van der Waals surface area contributed by atoms with Gasteiger partial charge in [0.25, 0.3) is 5.91 Å². The van der Waals surface area contributed by atoms with E-state index in [0.29, 0.717) is 17.5 Å². The molecule has 1 saturated carbocycles. The van der Waals surface area contributed by atoms with Crippen molar-refractivity contribution in [1.82, 2.24) is 20.6 Å². The van der Waals surface area contributed by atoms with E-state index in [2.05, 4.69) is 20.6 Å². The lowest BCUT2D eigenvalue weighted by molar-refractivity contribution is 0.0937. The number of nitrogens with one attached hydrogen (secondary N) is 1. The molecule has 1 fully saturated rings. The molecule has 8 heteroatoms. The Morgan fingerprint density at radius 2 is 2.00 bits per heavy atom. The van der Waals surface area contributed by atoms with Gasteiger partial charge < -0.3 is 20.1 Å². The highest BCUT2D eigenvalue weighted by Crippen LogP contribution is 2.36. The summed E-state index contributed by atoms with van der Waals surface area (Å²) < 4.78 is 10.4. The lowest BCUT2D eigenvalue weighted by atomic mass is 9.77. The summed E-state index contributed by atoms with van der Waals surface area (Å²) in [5.41, 5.74) is 6.70. The molecule has 1 amide bonds. The van der Waals surface area contributed by atoms with Gasteiger partial charge in [0.15, 0.2) is 17.3 Å². The van der Waals surface area contributed by atoms with Crippen LogP contribution in [0.3, 0.4) is 0 Å². The minimum Gasteiger partial charge on any atom is -0.355 e. The summed E-state index contributed by atoms with van der Waals surface area (Å²) in [6.45, 7) is 0.107. The van der Waals surface area contributed by atoms with Gasteiger partial charge in [0.2, 0.25) is 5.89 Å². The molecule has 0 unspecified atom stereocenters. The third kappa shape index (κ3) is 3.03. The quantitative estimate of drug-likeness (QED) is 0.729. The average Bonchev–Trinajstić information content (AvgIpc) is 3.28. The highest BCUT2D eigenvalue weighted by Gasteiger charge is 2.38. The van der Waals surface area contributed by atoms with E-state index < -0.39 is 5.54 Å². The Bertz CT molecular complexity index is 883. The maximum atomic E-state index is 12.2. The first kappa shape index (κ1) is 15.5. The van der Waals surface area contributed by atoms with Gasteiger partial charge in [-0.25, -0.2) is 0 Å². The second-order valence-electron chi connectivity index (χ2n) is 6.15. The molecule has 3 aromatic rings. The zero-order valence-electron chi connectivity index (χ0n) is 13.4. The number of aromatic nitrogens is 3. The van der Waals surface area contributed by atoms with Crippen LogP contribution in [0.15, 0.2) is 45.4 Å². The van der Waals surface area contributed by atoms with Crippen LogP contribution in [-0.2, 0) is 12.1 Å². The van der Waals surface area contributed by atoms with Crippen LogP contribution >= 0.6 is 0 Å². The Hall–Kier alpha value is -3.00. The first-order valence-electron chi connectivity index (χ1n) is 8.06. The summed E-state index contributed by atoms with van der Waals surface area (Å²) in [6.07, 6.45) is 2.76. The van der Waals surface area contributed by atoms with Gasteiger partial charge in [-0.05, 0) is 19.3 Å². The lowest BCUT2D eigenvalue weighted by Gasteiger charge is -2.34. The van der Waals surface area contributed by atoms with Crippen LogP contribution < -0.4 is 11.1 Å². The predicted molar refractivity (Wildman–Crippen MR) is 87.1 cm³/mol. The first-order chi connectivity index (χ1) is 12.1. The monoisotopic (exact) mass is 339 g/mol. The number of hydrogen-bond acceptors (Lipinski definition) is 7. The molecule has 0 bridgehead atoms. The fourth-order valence-electron chi connectivity index (χ4n) is 2.68. The molecule has 2 aromatic heterocycles. The summed E-state index contributed by atoms with van der Waals surface area (Å²) >= 11 is 0. The molecule has 2 heterocycles. The highest BCUT2D eigenvalue weighted by molar-refractivity contribution is 5.92. The number of benzene rings is 1. The van der Waals surface area contributed by atoms with Gasteiger partial charge in [-0.1, -0.05) is 40.6 Å². The van der Waals surface area contributed by atoms with E-state index in [4.69, 9.17) is 14.8 Å². The third-order valence-corrected chi connectivity index (χ3v) is 4.36. The topological polar surface area (TPSA) is 120 Å². The normalized spacial score (nSPS) is 15.6. The number of nitrogens with zero attached hydrogens (tertiary/aromatic N) is 3. The van der Waals surface area contributed by atoms with Crippen LogP contribution in [0, 0.1) is 0 Å². The van der Waals surface area contributed by atoms with Crippen molar-refractivity contribution >= 4 is 5.91 Å². The summed E-state index contributed by atoms with van der Waals surface area (Å²) in [4.78, 5) is 16.4. The Kier molecular flexibility index (Phi) is 3.81. The molecule has 3 N–H and O–H groups in total. The minimum absolute atomic E-state index is 0.107. The molecule has 25 heavy (non-hydrogen) atoms. The SMILES string of the molecule is NC1(c2noc(CNC(=O)c3cc(-c4ccccc4)on3)n2)CCC1. The molecule has 1 aromatic carbocycles. The second kappa shape index (κ2) is 6.14. The maximum Gasteiger partial charge on any atom is 0.273 e. The summed E-state index contributed by atoms with van der Waals surface area (Å²) in [7, 11) is 0. The molecule has 8 nitrogen and oxygen atoms in total. The van der Waals surface area contributed by atoms with Gasteiger partial charge in [-0.15, -0.1) is 0 Å². The van der Waals surface area contributed by atoms with Crippen LogP contribution in [0.4, 0.5) is 0 Å². The van der Waals surface area contributed by atoms with E-state index in [-0.39, 0.29) is 18.1 Å². The first-order valence-corrected chi connectivity index (χ1v) is 8.06. The molecule has 0 atom stereocenters. The second-order valence-corrected chi connectivity index (χ2v) is 6.15. The van der Waals surface area contributed by atoms with Gasteiger partial charge in [-0.2, -0.15) is 4.98 Å². The number of hydrogen-bond donors (Lipinski definition) is 2. The van der Waals surface area contributed by atoms with Crippen LogP contribution in [-0.4, -0.2) is 21.2 Å². The predicted octanol–water partition coefficient (Wildman–Crippen LogP) is 1.99. The van der Waals surface area contributed by atoms with Crippen molar-refractivity contribution in [3.8, 4) is 11.3 Å². The van der Waals surface area contributed by atoms with Crippen molar-refractivity contribution < 1.29 is 13.8 Å². The molecule has 1 aliphatic rings. The Morgan fingerprint density at radius 1 is 1.20 bits per heavy atom. The van der Waals surface area contributed by atoms with Crippen LogP contribution in [0.5, 0.6) is 0 Å². The van der Waals surface area contributed by atoms with Gasteiger partial charge >= 0.3 is 0 Å². The van der Waals surface area contributed by atoms with Crippen molar-refractivity contribution in [2.24, 2.45) is 5.73 Å². The van der Waals surface area contributed by atoms with Crippen molar-refractivity contribution in [3.63, 3.8) is 0 Å². The van der Waals surface area contributed by atoms with Crippen molar-refractivity contribution in [2.45, 2.75) is 31.3 Å². The van der Waals surface area contributed by atoms with E-state index >= 15 is 0 Å². The summed E-state index contributed by atoms with van der Waals surface area (Å²) in [5, 5.41) is 10.4. The Morgan fingerprint density at radius 3 is 2.72 bits per heavy atom. The smallest absolute Gasteiger partial charge is 0.273 e. The van der Waals surface area contributed by atoms with Crippen LogP contribution in [0.2, 0.25) is 0 Å². The molecule has 1 aliphatic carbocycles. The van der Waals surface area contributed by atoms with Crippen LogP contribution in [0.25, 0.3) is 11.3 Å². The summed E-state index contributed by atoms with van der Waals surface area (Å²) in [6, 6.07) is 11.0. The minimum atomic E-state index is -0.484. The average molecular weight is 339 g/mol. The zero-order valence-corrected chi connectivity index (χ0v) is 13.4. The molecule has 128 valence electrons. The number of carbonyl (C=O) groups excluding carboxylic acids is 1. The maximum absolute atomic E-state index is 12.2. The molecular weight excluding hydrogens is 322 g/mol. The number of nitrogens with two attached hydrogens (primary N) is 1. The van der Waals surface area contributed by atoms with Gasteiger partial charge in [-0.3, -0.25) is 4.79 Å². The van der Waals surface area contributed by atoms with Gasteiger partial charge in [0, 0.05) is 11.6 Å². The molecular formula is C17H17N5O3. The number of carbonyl (C=O) groups is 1. The summed E-state index contributed by atoms with van der Waals surface area (Å²) in [5.74, 6) is 0.959.